The van der Waals surface area contributed by atoms with E-state index < -0.39 is 6.04 Å². The second kappa shape index (κ2) is 8.60. The highest BCUT2D eigenvalue weighted by Crippen LogP contribution is 2.36. The minimum absolute atomic E-state index is 0.0914. The molecule has 0 radical (unpaired) electrons. The molecule has 1 aliphatic carbocycles. The van der Waals surface area contributed by atoms with E-state index in [0.717, 1.165) is 35.0 Å². The van der Waals surface area contributed by atoms with Gasteiger partial charge in [0.2, 0.25) is 11.9 Å². The lowest BCUT2D eigenvalue weighted by atomic mass is 10.1. The number of ether oxygens (including phenoxy) is 1. The zero-order valence-electron chi connectivity index (χ0n) is 16.8. The Morgan fingerprint density at radius 1 is 1.33 bits per heavy atom. The quantitative estimate of drug-likeness (QED) is 0.458. The summed E-state index contributed by atoms with van der Waals surface area (Å²) in [7, 11) is 1.80. The van der Waals surface area contributed by atoms with Crippen LogP contribution in [0.3, 0.4) is 0 Å². The average Bonchev–Trinajstić information content (AvgIpc) is 3.57. The molecule has 1 aromatic carbocycles. The lowest BCUT2D eigenvalue weighted by molar-refractivity contribution is -0.119. The number of carbonyl (C=O) groups is 1. The van der Waals surface area contributed by atoms with Gasteiger partial charge in [0.15, 0.2) is 0 Å². The molecule has 2 heterocycles. The first-order valence-electron chi connectivity index (χ1n) is 9.84. The summed E-state index contributed by atoms with van der Waals surface area (Å²) in [5, 5.41) is 4.35. The van der Waals surface area contributed by atoms with Crippen LogP contribution in [0.25, 0.3) is 10.9 Å². The van der Waals surface area contributed by atoms with E-state index in [4.69, 9.17) is 16.2 Å². The number of nitrogens with one attached hydrogen (secondary N) is 1. The zero-order valence-corrected chi connectivity index (χ0v) is 16.8. The molecule has 30 heavy (non-hydrogen) atoms. The summed E-state index contributed by atoms with van der Waals surface area (Å²) in [6.45, 7) is 0.355. The lowest BCUT2D eigenvalue weighted by Crippen LogP contribution is -2.45. The van der Waals surface area contributed by atoms with Crippen LogP contribution >= 0.6 is 0 Å². The molecular formula is C21H25N7O2. The van der Waals surface area contributed by atoms with E-state index in [9.17, 15) is 4.79 Å². The van der Waals surface area contributed by atoms with Gasteiger partial charge in [-0.2, -0.15) is 4.98 Å². The number of nitrogens with two attached hydrogens (primary N) is 2. The van der Waals surface area contributed by atoms with Crippen LogP contribution in [0.2, 0.25) is 0 Å². The molecule has 1 atom stereocenters. The Bertz CT molecular complexity index is 1050. The predicted octanol–water partition coefficient (Wildman–Crippen LogP) is 1.90. The normalized spacial score (nSPS) is 14.5. The highest BCUT2D eigenvalue weighted by atomic mass is 16.5. The Hall–Kier alpha value is -3.30. The molecule has 0 bridgehead atoms. The summed E-state index contributed by atoms with van der Waals surface area (Å²) >= 11 is 0. The van der Waals surface area contributed by atoms with E-state index in [-0.39, 0.29) is 25.2 Å². The van der Waals surface area contributed by atoms with Gasteiger partial charge in [-0.1, -0.05) is 6.07 Å². The van der Waals surface area contributed by atoms with E-state index >= 15 is 0 Å². The van der Waals surface area contributed by atoms with Crippen molar-refractivity contribution in [2.75, 3.05) is 24.0 Å². The lowest BCUT2D eigenvalue weighted by Gasteiger charge is -2.26. The second-order valence-electron chi connectivity index (χ2n) is 7.39. The molecule has 0 aliphatic heterocycles. The zero-order chi connectivity index (χ0) is 21.1. The number of aromatic nitrogens is 3. The van der Waals surface area contributed by atoms with Crippen molar-refractivity contribution in [2.24, 2.45) is 17.4 Å². The molecule has 1 aliphatic rings. The summed E-state index contributed by atoms with van der Waals surface area (Å²) in [4.78, 5) is 27.2. The summed E-state index contributed by atoms with van der Waals surface area (Å²) in [6, 6.07) is 9.35. The van der Waals surface area contributed by atoms with Crippen molar-refractivity contribution in [1.29, 1.82) is 0 Å². The highest BCUT2D eigenvalue weighted by molar-refractivity contribution is 5.84. The Morgan fingerprint density at radius 2 is 2.17 bits per heavy atom. The number of benzene rings is 1. The molecule has 4 rings (SSSR count). The van der Waals surface area contributed by atoms with Crippen molar-refractivity contribution in [2.45, 2.75) is 25.5 Å². The van der Waals surface area contributed by atoms with Gasteiger partial charge in [-0.15, -0.1) is 0 Å². The minimum Gasteiger partial charge on any atom is -0.368 e. The fraction of sp³-hybridized carbons (Fsp3) is 0.333. The van der Waals surface area contributed by atoms with Crippen LogP contribution in [0.1, 0.15) is 18.4 Å². The van der Waals surface area contributed by atoms with Crippen molar-refractivity contribution in [3.63, 3.8) is 0 Å². The number of likely N-dealkylation sites (N-methyl/N-ethyl adjacent to an activating group) is 1. The number of amides is 1. The van der Waals surface area contributed by atoms with Crippen LogP contribution in [0.15, 0.2) is 42.7 Å². The number of anilines is 3. The molecule has 1 fully saturated rings. The number of primary amides is 1. The third kappa shape index (κ3) is 4.32. The number of rotatable bonds is 9. The molecule has 0 saturated heterocycles. The van der Waals surface area contributed by atoms with Crippen molar-refractivity contribution >= 4 is 34.3 Å². The Kier molecular flexibility index (Phi) is 5.73. The number of nitrogens with zero attached hydrogens (tertiary/aromatic N) is 4. The second-order valence-corrected chi connectivity index (χ2v) is 7.39. The fourth-order valence-corrected chi connectivity index (χ4v) is 3.52. The number of hydrogen-bond donors (Lipinski definition) is 3. The van der Waals surface area contributed by atoms with Crippen LogP contribution in [-0.2, 0) is 16.1 Å². The average molecular weight is 407 g/mol. The van der Waals surface area contributed by atoms with Crippen LogP contribution in [0.5, 0.6) is 0 Å². The molecule has 3 aromatic rings. The van der Waals surface area contributed by atoms with Gasteiger partial charge in [0.25, 0.3) is 0 Å². The van der Waals surface area contributed by atoms with Gasteiger partial charge < -0.3 is 26.4 Å². The molecule has 1 unspecified atom stereocenters. The van der Waals surface area contributed by atoms with Gasteiger partial charge in [0, 0.05) is 36.1 Å². The number of pyridine rings is 1. The predicted molar refractivity (Wildman–Crippen MR) is 115 cm³/mol. The Labute approximate surface area is 174 Å². The van der Waals surface area contributed by atoms with Crippen LogP contribution in [0, 0.1) is 5.92 Å². The maximum Gasteiger partial charge on any atom is 0.240 e. The molecule has 0 spiro atoms. The largest absolute Gasteiger partial charge is 0.368 e. The standard InChI is InChI=1S/C21H25N7O2/c1-28(18(19(23)29)13-4-5-13)21-25-10-15(11-30-12-22)20(27-21)26-16-6-7-17-14(9-16)3-2-8-24-17/h2-3,6-10,13,18H,4-5,11-12,22H2,1H3,(H2,23,29)(H,25,26,27). The first-order valence-corrected chi connectivity index (χ1v) is 9.84. The molecule has 9 nitrogen and oxygen atoms in total. The SMILES string of the molecule is CN(c1ncc(COCN)c(Nc2ccc3ncccc3c2)n1)C(C(N)=O)C1CC1. The molecular weight excluding hydrogens is 382 g/mol. The van der Waals surface area contributed by atoms with Crippen molar-refractivity contribution in [3.8, 4) is 0 Å². The summed E-state index contributed by atoms with van der Waals surface area (Å²) < 4.78 is 5.36. The molecule has 1 saturated carbocycles. The smallest absolute Gasteiger partial charge is 0.240 e. The van der Waals surface area contributed by atoms with E-state index in [0.29, 0.717) is 11.8 Å². The number of fused-ring (bicyclic) bond motifs is 1. The van der Waals surface area contributed by atoms with Gasteiger partial charge in [0.05, 0.1) is 18.9 Å². The number of carbonyl (C=O) groups excluding carboxylic acids is 1. The molecule has 2 aromatic heterocycles. The molecule has 5 N–H and O–H groups in total. The topological polar surface area (TPSA) is 132 Å². The monoisotopic (exact) mass is 407 g/mol. The van der Waals surface area contributed by atoms with Gasteiger partial charge in [0.1, 0.15) is 11.9 Å². The van der Waals surface area contributed by atoms with Gasteiger partial charge in [-0.05, 0) is 43.0 Å². The summed E-state index contributed by atoms with van der Waals surface area (Å²) in [5.74, 6) is 0.895. The van der Waals surface area contributed by atoms with Crippen molar-refractivity contribution in [3.05, 3.63) is 48.3 Å². The van der Waals surface area contributed by atoms with Crippen LogP contribution in [-0.4, -0.2) is 40.7 Å². The van der Waals surface area contributed by atoms with Crippen LogP contribution in [0.4, 0.5) is 17.5 Å². The Balaban J connectivity index is 1.66. The first-order chi connectivity index (χ1) is 14.6. The maximum atomic E-state index is 12.0. The van der Waals surface area contributed by atoms with Gasteiger partial charge >= 0.3 is 0 Å². The molecule has 156 valence electrons. The van der Waals surface area contributed by atoms with Crippen molar-refractivity contribution < 1.29 is 9.53 Å². The number of hydrogen-bond acceptors (Lipinski definition) is 8. The molecule has 9 heteroatoms. The van der Waals surface area contributed by atoms with Gasteiger partial charge in [-0.25, -0.2) is 4.98 Å². The maximum absolute atomic E-state index is 12.0. The van der Waals surface area contributed by atoms with E-state index in [1.54, 1.807) is 24.3 Å². The van der Waals surface area contributed by atoms with E-state index in [2.05, 4.69) is 20.3 Å². The third-order valence-electron chi connectivity index (χ3n) is 5.19. The third-order valence-corrected chi connectivity index (χ3v) is 5.19. The molecule has 1 amide bonds. The fourth-order valence-electron chi connectivity index (χ4n) is 3.52. The summed E-state index contributed by atoms with van der Waals surface area (Å²) in [5.41, 5.74) is 13.6. The summed E-state index contributed by atoms with van der Waals surface area (Å²) in [6.07, 6.45) is 5.41. The highest BCUT2D eigenvalue weighted by Gasteiger charge is 2.38. The minimum atomic E-state index is -0.421. The Morgan fingerprint density at radius 3 is 2.90 bits per heavy atom. The van der Waals surface area contributed by atoms with E-state index in [1.807, 2.05) is 30.3 Å². The van der Waals surface area contributed by atoms with Crippen molar-refractivity contribution in [1.82, 2.24) is 15.0 Å². The van der Waals surface area contributed by atoms with Crippen LogP contribution < -0.4 is 21.7 Å². The van der Waals surface area contributed by atoms with E-state index in [1.165, 1.54) is 0 Å². The van der Waals surface area contributed by atoms with Gasteiger partial charge in [-0.3, -0.25) is 9.78 Å². The first kappa shape index (κ1) is 20.0.